The van der Waals surface area contributed by atoms with Gasteiger partial charge in [-0.15, -0.1) is 0 Å². The van der Waals surface area contributed by atoms with Crippen LogP contribution in [0.5, 0.6) is 17.2 Å². The highest BCUT2D eigenvalue weighted by Gasteiger charge is 2.55. The SMILES string of the molecule is COc1cccc2c1C1(O)c3c(OC)cccc3P2c2cccc(OC)c21. The standard InChI is InChI=1S/C22H19O4P/c1-24-13-7-4-10-16-19(13)22(23)20-14(25-2)8-5-11-17(20)27(16)18-12-6-9-15(26-3)21(18)22/h4-12,23H,1-3H3. The quantitative estimate of drug-likeness (QED) is 0.711. The smallest absolute Gasteiger partial charge is 0.153 e. The fraction of sp³-hybridized carbons (Fsp3) is 0.182. The molecule has 0 unspecified atom stereocenters. The first-order chi connectivity index (χ1) is 13.2. The monoisotopic (exact) mass is 378 g/mol. The molecule has 3 aromatic carbocycles. The van der Waals surface area contributed by atoms with Gasteiger partial charge < -0.3 is 19.3 Å². The van der Waals surface area contributed by atoms with Crippen molar-refractivity contribution in [1.29, 1.82) is 0 Å². The first kappa shape index (κ1) is 16.6. The van der Waals surface area contributed by atoms with E-state index in [9.17, 15) is 5.11 Å². The highest BCUT2D eigenvalue weighted by molar-refractivity contribution is 7.80. The molecule has 136 valence electrons. The molecule has 0 saturated carbocycles. The van der Waals surface area contributed by atoms with Gasteiger partial charge in [0.2, 0.25) is 0 Å². The van der Waals surface area contributed by atoms with E-state index in [2.05, 4.69) is 18.2 Å². The fourth-order valence-electron chi connectivity index (χ4n) is 4.48. The van der Waals surface area contributed by atoms with Gasteiger partial charge in [-0.1, -0.05) is 36.4 Å². The predicted octanol–water partition coefficient (Wildman–Crippen LogP) is 2.38. The summed E-state index contributed by atoms with van der Waals surface area (Å²) in [5.74, 6) is 2.03. The van der Waals surface area contributed by atoms with Crippen LogP contribution in [0.3, 0.4) is 0 Å². The molecule has 3 aliphatic heterocycles. The highest BCUT2D eigenvalue weighted by Crippen LogP contribution is 2.60. The fourth-order valence-corrected chi connectivity index (χ4v) is 7.45. The van der Waals surface area contributed by atoms with E-state index in [0.29, 0.717) is 17.2 Å². The molecule has 0 aliphatic carbocycles. The lowest BCUT2D eigenvalue weighted by molar-refractivity contribution is 0.117. The van der Waals surface area contributed by atoms with Crippen LogP contribution in [0, 0.1) is 0 Å². The summed E-state index contributed by atoms with van der Waals surface area (Å²) >= 11 is 0. The van der Waals surface area contributed by atoms with Gasteiger partial charge in [0.25, 0.3) is 0 Å². The van der Waals surface area contributed by atoms with E-state index in [-0.39, 0.29) is 0 Å². The highest BCUT2D eigenvalue weighted by atomic mass is 31.1. The Labute approximate surface area is 159 Å². The Kier molecular flexibility index (Phi) is 3.52. The molecule has 27 heavy (non-hydrogen) atoms. The Bertz CT molecular complexity index is 941. The lowest BCUT2D eigenvalue weighted by atomic mass is 9.77. The molecule has 0 atom stereocenters. The van der Waals surface area contributed by atoms with Gasteiger partial charge in [0.05, 0.1) is 21.3 Å². The van der Waals surface area contributed by atoms with Gasteiger partial charge in [-0.25, -0.2) is 0 Å². The van der Waals surface area contributed by atoms with Gasteiger partial charge in [0.15, 0.2) is 5.60 Å². The van der Waals surface area contributed by atoms with Crippen molar-refractivity contribution in [2.24, 2.45) is 0 Å². The van der Waals surface area contributed by atoms with Gasteiger partial charge in [-0.3, -0.25) is 0 Å². The largest absolute Gasteiger partial charge is 0.496 e. The average Bonchev–Trinajstić information content (AvgIpc) is 2.72. The number of ether oxygens (including phenoxy) is 3. The van der Waals surface area contributed by atoms with E-state index in [4.69, 9.17) is 14.2 Å². The van der Waals surface area contributed by atoms with Crippen molar-refractivity contribution in [2.75, 3.05) is 21.3 Å². The maximum atomic E-state index is 12.4. The van der Waals surface area contributed by atoms with Crippen LogP contribution in [0.25, 0.3) is 0 Å². The minimum Gasteiger partial charge on any atom is -0.496 e. The van der Waals surface area contributed by atoms with Gasteiger partial charge in [-0.2, -0.15) is 0 Å². The molecule has 3 aliphatic rings. The number of rotatable bonds is 3. The summed E-state index contributed by atoms with van der Waals surface area (Å²) in [6, 6.07) is 18.0. The molecular formula is C22H19O4P. The Morgan fingerprint density at radius 3 is 1.26 bits per heavy atom. The van der Waals surface area contributed by atoms with Gasteiger partial charge in [-0.05, 0) is 42.0 Å². The maximum Gasteiger partial charge on any atom is 0.153 e. The molecule has 0 fully saturated rings. The summed E-state index contributed by atoms with van der Waals surface area (Å²) in [7, 11) is 4.07. The van der Waals surface area contributed by atoms with E-state index in [1.165, 1.54) is 0 Å². The van der Waals surface area contributed by atoms with Crippen molar-refractivity contribution in [3.05, 3.63) is 71.3 Å². The molecule has 0 radical (unpaired) electrons. The molecule has 1 N–H and O–H groups in total. The summed E-state index contributed by atoms with van der Waals surface area (Å²) < 4.78 is 17.0. The molecule has 2 bridgehead atoms. The van der Waals surface area contributed by atoms with E-state index in [0.717, 1.165) is 32.6 Å². The Hall–Kier alpha value is -2.55. The van der Waals surface area contributed by atoms with Gasteiger partial charge >= 0.3 is 0 Å². The van der Waals surface area contributed by atoms with Crippen molar-refractivity contribution >= 4 is 23.8 Å². The Morgan fingerprint density at radius 1 is 0.630 bits per heavy atom. The predicted molar refractivity (Wildman–Crippen MR) is 107 cm³/mol. The van der Waals surface area contributed by atoms with Crippen molar-refractivity contribution in [3.63, 3.8) is 0 Å². The topological polar surface area (TPSA) is 47.9 Å². The average molecular weight is 378 g/mol. The van der Waals surface area contributed by atoms with E-state index in [1.54, 1.807) is 21.3 Å². The first-order valence-corrected chi connectivity index (χ1v) is 10.1. The van der Waals surface area contributed by atoms with Crippen molar-refractivity contribution in [1.82, 2.24) is 0 Å². The zero-order valence-corrected chi connectivity index (χ0v) is 16.2. The second-order valence-electron chi connectivity index (χ2n) is 6.61. The van der Waals surface area contributed by atoms with Crippen molar-refractivity contribution < 1.29 is 19.3 Å². The number of hydrogen-bond donors (Lipinski definition) is 1. The molecule has 3 aromatic rings. The summed E-state index contributed by atoms with van der Waals surface area (Å²) in [6.45, 7) is 0. The summed E-state index contributed by atoms with van der Waals surface area (Å²) in [6.07, 6.45) is 0. The number of hydrogen-bond acceptors (Lipinski definition) is 4. The third kappa shape index (κ3) is 1.90. The number of benzene rings is 3. The normalized spacial score (nSPS) is 21.1. The lowest BCUT2D eigenvalue weighted by Gasteiger charge is -2.48. The molecule has 4 nitrogen and oxygen atoms in total. The molecule has 3 heterocycles. The third-order valence-corrected chi connectivity index (χ3v) is 8.04. The molecule has 5 heteroatoms. The Morgan fingerprint density at radius 2 is 0.963 bits per heavy atom. The maximum absolute atomic E-state index is 12.4. The van der Waals surface area contributed by atoms with Crippen LogP contribution < -0.4 is 30.1 Å². The van der Waals surface area contributed by atoms with E-state index in [1.807, 2.05) is 36.4 Å². The summed E-state index contributed by atoms with van der Waals surface area (Å²) in [5.41, 5.74) is 0.996. The molecule has 0 aromatic heterocycles. The van der Waals surface area contributed by atoms with Crippen LogP contribution in [0.15, 0.2) is 54.6 Å². The van der Waals surface area contributed by atoms with Gasteiger partial charge in [0.1, 0.15) is 17.2 Å². The second kappa shape index (κ2) is 5.72. The van der Waals surface area contributed by atoms with Crippen LogP contribution in [-0.2, 0) is 5.60 Å². The lowest BCUT2D eigenvalue weighted by Crippen LogP contribution is -2.52. The van der Waals surface area contributed by atoms with Crippen molar-refractivity contribution in [2.45, 2.75) is 5.60 Å². The molecule has 0 saturated heterocycles. The van der Waals surface area contributed by atoms with Crippen molar-refractivity contribution in [3.8, 4) is 17.2 Å². The van der Waals surface area contributed by atoms with Gasteiger partial charge in [0, 0.05) is 16.7 Å². The minimum atomic E-state index is -1.40. The van der Waals surface area contributed by atoms with Crippen LogP contribution in [0.4, 0.5) is 0 Å². The van der Waals surface area contributed by atoms with E-state index < -0.39 is 13.5 Å². The van der Waals surface area contributed by atoms with Crippen LogP contribution in [0.2, 0.25) is 0 Å². The minimum absolute atomic E-state index is 0.676. The second-order valence-corrected chi connectivity index (χ2v) is 8.73. The van der Waals surface area contributed by atoms with Crippen LogP contribution in [0.1, 0.15) is 16.7 Å². The molecular weight excluding hydrogens is 359 g/mol. The van der Waals surface area contributed by atoms with Crippen LogP contribution in [-0.4, -0.2) is 26.4 Å². The third-order valence-electron chi connectivity index (χ3n) is 5.48. The molecule has 6 rings (SSSR count). The number of aliphatic hydroxyl groups is 1. The number of methoxy groups -OCH3 is 3. The van der Waals surface area contributed by atoms with Crippen LogP contribution >= 0.6 is 7.92 Å². The zero-order chi connectivity index (χ0) is 18.8. The first-order valence-electron chi connectivity index (χ1n) is 8.71. The zero-order valence-electron chi connectivity index (χ0n) is 15.3. The summed E-state index contributed by atoms with van der Waals surface area (Å²) in [4.78, 5) is 0. The Balaban J connectivity index is 2.00. The van der Waals surface area contributed by atoms with E-state index >= 15 is 0 Å². The summed E-state index contributed by atoms with van der Waals surface area (Å²) in [5, 5.41) is 15.7. The molecule has 0 spiro atoms. The molecule has 0 amide bonds.